The Morgan fingerprint density at radius 3 is 2.02 bits per heavy atom. The molecule has 0 spiro atoms. The molecule has 2 heteroatoms. The standard InChI is InChI=1S/C48H39NO/c1-28-18-19-29(2)43(24-28)49(42-16-11-15-36-34-14-9-10-17-44(34)50-46(36)42)31-21-23-33-37-26-41-38(27-40(37)47(3,4)39(33)25-31)35-22-20-30-12-7-8-13-32(30)45(35)48(41,5)6/h7-27H,1-6H3. The first-order valence-electron chi connectivity index (χ1n) is 17.8. The Kier molecular flexibility index (Phi) is 5.86. The molecule has 0 amide bonds. The van der Waals surface area contributed by atoms with Crippen LogP contribution in [0.5, 0.6) is 0 Å². The Bertz CT molecular complexity index is 2740. The molecule has 0 unspecified atom stereocenters. The number of rotatable bonds is 3. The molecule has 2 aliphatic rings. The lowest BCUT2D eigenvalue weighted by Gasteiger charge is -2.29. The number of para-hydroxylation sites is 2. The third-order valence-corrected chi connectivity index (χ3v) is 11.8. The van der Waals surface area contributed by atoms with Crippen molar-refractivity contribution in [1.29, 1.82) is 0 Å². The van der Waals surface area contributed by atoms with Crippen molar-refractivity contribution in [3.8, 4) is 22.3 Å². The molecule has 2 nitrogen and oxygen atoms in total. The topological polar surface area (TPSA) is 16.4 Å². The molecule has 8 aromatic rings. The van der Waals surface area contributed by atoms with E-state index in [1.807, 2.05) is 6.07 Å². The van der Waals surface area contributed by atoms with Gasteiger partial charge in [0, 0.05) is 33.0 Å². The highest BCUT2D eigenvalue weighted by atomic mass is 16.3. The highest BCUT2D eigenvalue weighted by Crippen LogP contribution is 2.58. The predicted octanol–water partition coefficient (Wildman–Crippen LogP) is 13.4. The fourth-order valence-electron chi connectivity index (χ4n) is 9.23. The zero-order valence-electron chi connectivity index (χ0n) is 29.5. The van der Waals surface area contributed by atoms with E-state index >= 15 is 0 Å². The largest absolute Gasteiger partial charge is 0.454 e. The third-order valence-electron chi connectivity index (χ3n) is 11.8. The van der Waals surface area contributed by atoms with Gasteiger partial charge in [0.05, 0.1) is 5.69 Å². The van der Waals surface area contributed by atoms with Crippen molar-refractivity contribution in [3.63, 3.8) is 0 Å². The smallest absolute Gasteiger partial charge is 0.159 e. The minimum absolute atomic E-state index is 0.0991. The van der Waals surface area contributed by atoms with Crippen LogP contribution in [0.15, 0.2) is 132 Å². The molecule has 1 aromatic heterocycles. The lowest BCUT2D eigenvalue weighted by molar-refractivity contribution is 0.654. The average molecular weight is 646 g/mol. The van der Waals surface area contributed by atoms with Gasteiger partial charge in [-0.25, -0.2) is 0 Å². The molecule has 0 N–H and O–H groups in total. The molecule has 1 heterocycles. The third kappa shape index (κ3) is 3.85. The number of anilines is 3. The minimum Gasteiger partial charge on any atom is -0.454 e. The van der Waals surface area contributed by atoms with Gasteiger partial charge in [-0.1, -0.05) is 113 Å². The molecule has 242 valence electrons. The molecule has 50 heavy (non-hydrogen) atoms. The van der Waals surface area contributed by atoms with E-state index in [2.05, 4.69) is 168 Å². The van der Waals surface area contributed by atoms with Gasteiger partial charge in [0.1, 0.15) is 5.58 Å². The van der Waals surface area contributed by atoms with Gasteiger partial charge in [0.25, 0.3) is 0 Å². The maximum Gasteiger partial charge on any atom is 0.159 e. The van der Waals surface area contributed by atoms with Crippen molar-refractivity contribution < 1.29 is 4.42 Å². The SMILES string of the molecule is Cc1ccc(C)c(N(c2ccc3c(c2)C(C)(C)c2cc4c(cc2-3)C(C)(C)c2c-4ccc3ccccc23)c2cccc3c2oc2ccccc23)c1. The van der Waals surface area contributed by atoms with Crippen molar-refractivity contribution in [2.75, 3.05) is 4.90 Å². The summed E-state index contributed by atoms with van der Waals surface area (Å²) in [5.41, 5.74) is 18.4. The summed E-state index contributed by atoms with van der Waals surface area (Å²) in [5.74, 6) is 0. The van der Waals surface area contributed by atoms with Crippen molar-refractivity contribution >= 4 is 49.8 Å². The normalized spacial score (nSPS) is 14.9. The van der Waals surface area contributed by atoms with Crippen LogP contribution < -0.4 is 4.90 Å². The van der Waals surface area contributed by atoms with Crippen LogP contribution in [0.1, 0.15) is 61.1 Å². The second-order valence-corrected chi connectivity index (χ2v) is 15.5. The lowest BCUT2D eigenvalue weighted by Crippen LogP contribution is -2.18. The molecule has 0 bridgehead atoms. The number of fused-ring (bicyclic) bond motifs is 11. The number of furan rings is 1. The maximum atomic E-state index is 6.64. The van der Waals surface area contributed by atoms with Gasteiger partial charge in [-0.2, -0.15) is 0 Å². The first-order chi connectivity index (χ1) is 24.1. The van der Waals surface area contributed by atoms with Crippen molar-refractivity contribution in [3.05, 3.63) is 161 Å². The summed E-state index contributed by atoms with van der Waals surface area (Å²) in [6, 6.07) is 47.3. The monoisotopic (exact) mass is 645 g/mol. The van der Waals surface area contributed by atoms with E-state index in [1.165, 1.54) is 66.4 Å². The second kappa shape index (κ2) is 9.98. The fraction of sp³-hybridized carbons (Fsp3) is 0.167. The molecular formula is C48H39NO. The summed E-state index contributed by atoms with van der Waals surface area (Å²) in [7, 11) is 0. The van der Waals surface area contributed by atoms with Gasteiger partial charge in [0.15, 0.2) is 5.58 Å². The lowest BCUT2D eigenvalue weighted by atomic mass is 9.78. The molecule has 2 aliphatic carbocycles. The number of aryl methyl sites for hydroxylation is 2. The zero-order chi connectivity index (χ0) is 34.1. The first-order valence-corrected chi connectivity index (χ1v) is 17.8. The Hall–Kier alpha value is -5.60. The molecule has 0 atom stereocenters. The van der Waals surface area contributed by atoms with Crippen LogP contribution >= 0.6 is 0 Å². The van der Waals surface area contributed by atoms with E-state index in [4.69, 9.17) is 4.42 Å². The Morgan fingerprint density at radius 1 is 0.500 bits per heavy atom. The van der Waals surface area contributed by atoms with E-state index in [-0.39, 0.29) is 10.8 Å². The van der Waals surface area contributed by atoms with Gasteiger partial charge in [-0.3, -0.25) is 0 Å². The summed E-state index contributed by atoms with van der Waals surface area (Å²) >= 11 is 0. The molecule has 0 aliphatic heterocycles. The number of benzene rings is 7. The molecule has 0 radical (unpaired) electrons. The first kappa shape index (κ1) is 29.3. The molecule has 0 fully saturated rings. The number of hydrogen-bond acceptors (Lipinski definition) is 2. The van der Waals surface area contributed by atoms with Crippen LogP contribution in [0.2, 0.25) is 0 Å². The van der Waals surface area contributed by atoms with Crippen molar-refractivity contribution in [1.82, 2.24) is 0 Å². The van der Waals surface area contributed by atoms with Crippen LogP contribution in [-0.4, -0.2) is 0 Å². The van der Waals surface area contributed by atoms with E-state index in [9.17, 15) is 0 Å². The Labute approximate surface area is 293 Å². The van der Waals surface area contributed by atoms with Gasteiger partial charge >= 0.3 is 0 Å². The summed E-state index contributed by atoms with van der Waals surface area (Å²) in [5, 5.41) is 4.94. The van der Waals surface area contributed by atoms with Gasteiger partial charge < -0.3 is 9.32 Å². The van der Waals surface area contributed by atoms with E-state index in [0.29, 0.717) is 0 Å². The van der Waals surface area contributed by atoms with Gasteiger partial charge in [-0.15, -0.1) is 0 Å². The second-order valence-electron chi connectivity index (χ2n) is 15.5. The summed E-state index contributed by atoms with van der Waals surface area (Å²) in [6.07, 6.45) is 0. The van der Waals surface area contributed by atoms with Gasteiger partial charge in [-0.05, 0) is 123 Å². The predicted molar refractivity (Wildman–Crippen MR) is 211 cm³/mol. The van der Waals surface area contributed by atoms with E-state index in [1.54, 1.807) is 0 Å². The average Bonchev–Trinajstić information content (AvgIpc) is 3.69. The van der Waals surface area contributed by atoms with E-state index < -0.39 is 0 Å². The maximum absolute atomic E-state index is 6.64. The number of nitrogens with zero attached hydrogens (tertiary/aromatic N) is 1. The van der Waals surface area contributed by atoms with Crippen LogP contribution in [0, 0.1) is 13.8 Å². The summed E-state index contributed by atoms with van der Waals surface area (Å²) < 4.78 is 6.64. The Morgan fingerprint density at radius 2 is 1.18 bits per heavy atom. The van der Waals surface area contributed by atoms with Crippen LogP contribution in [0.25, 0.3) is 55.0 Å². The van der Waals surface area contributed by atoms with Crippen LogP contribution in [-0.2, 0) is 10.8 Å². The molecule has 0 saturated heterocycles. The minimum atomic E-state index is -0.182. The Balaban J connectivity index is 1.18. The van der Waals surface area contributed by atoms with Crippen molar-refractivity contribution in [2.24, 2.45) is 0 Å². The molecule has 0 saturated carbocycles. The molecular weight excluding hydrogens is 607 g/mol. The van der Waals surface area contributed by atoms with Crippen LogP contribution in [0.3, 0.4) is 0 Å². The molecule has 10 rings (SSSR count). The number of hydrogen-bond donors (Lipinski definition) is 0. The van der Waals surface area contributed by atoms with Crippen molar-refractivity contribution in [2.45, 2.75) is 52.4 Å². The van der Waals surface area contributed by atoms with Crippen LogP contribution in [0.4, 0.5) is 17.1 Å². The highest BCUT2D eigenvalue weighted by molar-refractivity contribution is 6.10. The summed E-state index contributed by atoms with van der Waals surface area (Å²) in [4.78, 5) is 2.41. The highest BCUT2D eigenvalue weighted by Gasteiger charge is 2.42. The summed E-state index contributed by atoms with van der Waals surface area (Å²) in [6.45, 7) is 14.0. The van der Waals surface area contributed by atoms with E-state index in [0.717, 1.165) is 39.0 Å². The fourth-order valence-corrected chi connectivity index (χ4v) is 9.23. The molecule has 7 aromatic carbocycles. The van der Waals surface area contributed by atoms with Gasteiger partial charge in [0.2, 0.25) is 0 Å². The zero-order valence-corrected chi connectivity index (χ0v) is 29.5. The quantitative estimate of drug-likeness (QED) is 0.190.